The second kappa shape index (κ2) is 5.41. The van der Waals surface area contributed by atoms with Crippen molar-refractivity contribution in [1.82, 2.24) is 0 Å². The van der Waals surface area contributed by atoms with Crippen LogP contribution in [0.15, 0.2) is 36.1 Å². The van der Waals surface area contributed by atoms with Crippen molar-refractivity contribution >= 4 is 17.6 Å². The van der Waals surface area contributed by atoms with Crippen molar-refractivity contribution in [1.29, 1.82) is 0 Å². The molecule has 0 aliphatic heterocycles. The summed E-state index contributed by atoms with van der Waals surface area (Å²) in [7, 11) is 0. The van der Waals surface area contributed by atoms with Crippen molar-refractivity contribution in [3.05, 3.63) is 46.7 Å². The average molecular weight is 227 g/mol. The fourth-order valence-electron chi connectivity index (χ4n) is 0.947. The van der Waals surface area contributed by atoms with Crippen molar-refractivity contribution in [2.75, 3.05) is 0 Å². The number of esters is 1. The van der Waals surface area contributed by atoms with Gasteiger partial charge in [0.1, 0.15) is 6.61 Å². The first-order valence-corrected chi connectivity index (χ1v) is 4.74. The molecule has 0 aliphatic carbocycles. The molecule has 1 aromatic rings. The molecule has 0 bridgehead atoms. The fraction of sp³-hybridized carbons (Fsp3) is 0.182. The maximum Gasteiger partial charge on any atom is 0.334 e. The number of benzene rings is 1. The quantitative estimate of drug-likeness (QED) is 0.490. The van der Waals surface area contributed by atoms with Gasteiger partial charge in [-0.1, -0.05) is 23.7 Å². The molecule has 0 atom stereocenters. The molecule has 80 valence electrons. The summed E-state index contributed by atoms with van der Waals surface area (Å²) in [6.45, 7) is 1.57. The van der Waals surface area contributed by atoms with E-state index < -0.39 is 5.97 Å². The highest BCUT2D eigenvalue weighted by molar-refractivity contribution is 6.30. The van der Waals surface area contributed by atoms with E-state index in [4.69, 9.17) is 21.4 Å². The van der Waals surface area contributed by atoms with Gasteiger partial charge < -0.3 is 9.84 Å². The van der Waals surface area contributed by atoms with Gasteiger partial charge in [-0.05, 0) is 24.6 Å². The molecule has 0 unspecified atom stereocenters. The smallest absolute Gasteiger partial charge is 0.334 e. The van der Waals surface area contributed by atoms with Crippen LogP contribution < -0.4 is 0 Å². The summed E-state index contributed by atoms with van der Waals surface area (Å²) < 4.78 is 4.86. The van der Waals surface area contributed by atoms with Gasteiger partial charge in [-0.2, -0.15) is 0 Å². The van der Waals surface area contributed by atoms with Crippen LogP contribution in [0.1, 0.15) is 12.5 Å². The maximum atomic E-state index is 11.0. The highest BCUT2D eigenvalue weighted by Gasteiger charge is 2.00. The summed E-state index contributed by atoms with van der Waals surface area (Å²) in [6.07, 6.45) is 1.02. The zero-order valence-electron chi connectivity index (χ0n) is 8.24. The van der Waals surface area contributed by atoms with E-state index in [9.17, 15) is 4.79 Å². The Labute approximate surface area is 92.9 Å². The lowest BCUT2D eigenvalue weighted by Crippen LogP contribution is -2.01. The number of carbonyl (C=O) groups excluding carboxylic acids is 1. The molecule has 0 saturated carbocycles. The first-order valence-electron chi connectivity index (χ1n) is 4.36. The number of aliphatic hydroxyl groups excluding tert-OH is 1. The number of hydrogen-bond acceptors (Lipinski definition) is 3. The van der Waals surface area contributed by atoms with Crippen LogP contribution in [-0.2, 0) is 16.1 Å². The Hall–Kier alpha value is -1.48. The van der Waals surface area contributed by atoms with E-state index in [1.807, 2.05) is 0 Å². The Morgan fingerprint density at radius 3 is 2.60 bits per heavy atom. The Kier molecular flexibility index (Phi) is 4.18. The number of halogens is 1. The molecular weight excluding hydrogens is 216 g/mol. The van der Waals surface area contributed by atoms with Crippen LogP contribution in [-0.4, -0.2) is 11.1 Å². The Balaban J connectivity index is 2.47. The third kappa shape index (κ3) is 4.51. The van der Waals surface area contributed by atoms with Gasteiger partial charge in [-0.3, -0.25) is 0 Å². The summed E-state index contributed by atoms with van der Waals surface area (Å²) in [5, 5.41) is 9.43. The summed E-state index contributed by atoms with van der Waals surface area (Å²) in [5.74, 6) is -0.638. The summed E-state index contributed by atoms with van der Waals surface area (Å²) >= 11 is 5.69. The standard InChI is InChI=1S/C11H11ClO3/c1-8(13)6-11(14)15-7-9-2-4-10(12)5-3-9/h2-6,13H,7H2,1H3/b8-6-. The predicted octanol–water partition coefficient (Wildman–Crippen LogP) is 2.85. The van der Waals surface area contributed by atoms with Gasteiger partial charge in [-0.15, -0.1) is 0 Å². The molecule has 0 heterocycles. The summed E-state index contributed by atoms with van der Waals surface area (Å²) in [6, 6.07) is 6.98. The van der Waals surface area contributed by atoms with Gasteiger partial charge in [0.15, 0.2) is 0 Å². The molecule has 1 aromatic carbocycles. The lowest BCUT2D eigenvalue weighted by molar-refractivity contribution is -0.139. The molecule has 1 N–H and O–H groups in total. The van der Waals surface area contributed by atoms with Crippen molar-refractivity contribution in [3.8, 4) is 0 Å². The number of carbonyl (C=O) groups is 1. The SMILES string of the molecule is C/C(O)=C/C(=O)OCc1ccc(Cl)cc1. The summed E-state index contributed by atoms with van der Waals surface area (Å²) in [4.78, 5) is 11.0. The van der Waals surface area contributed by atoms with Gasteiger partial charge >= 0.3 is 5.97 Å². The largest absolute Gasteiger partial charge is 0.512 e. The van der Waals surface area contributed by atoms with Crippen LogP contribution in [0.2, 0.25) is 5.02 Å². The molecule has 0 aromatic heterocycles. The highest BCUT2D eigenvalue weighted by Crippen LogP contribution is 2.10. The molecule has 4 heteroatoms. The minimum absolute atomic E-state index is 0.0730. The Morgan fingerprint density at radius 2 is 2.07 bits per heavy atom. The lowest BCUT2D eigenvalue weighted by Gasteiger charge is -2.02. The Bertz CT molecular complexity index is 364. The number of aliphatic hydroxyl groups is 1. The van der Waals surface area contributed by atoms with E-state index >= 15 is 0 Å². The monoisotopic (exact) mass is 226 g/mol. The van der Waals surface area contributed by atoms with E-state index in [-0.39, 0.29) is 12.4 Å². The fourth-order valence-corrected chi connectivity index (χ4v) is 1.07. The van der Waals surface area contributed by atoms with Gasteiger partial charge in [0.25, 0.3) is 0 Å². The molecule has 0 radical (unpaired) electrons. The van der Waals surface area contributed by atoms with E-state index in [1.165, 1.54) is 6.92 Å². The second-order valence-corrected chi connectivity index (χ2v) is 3.46. The predicted molar refractivity (Wildman–Crippen MR) is 57.6 cm³/mol. The number of ether oxygens (including phenoxy) is 1. The third-order valence-corrected chi connectivity index (χ3v) is 1.87. The molecule has 0 aliphatic rings. The van der Waals surface area contributed by atoms with E-state index in [2.05, 4.69) is 0 Å². The van der Waals surface area contributed by atoms with Crippen LogP contribution in [0.3, 0.4) is 0 Å². The van der Waals surface area contributed by atoms with E-state index in [0.29, 0.717) is 5.02 Å². The first-order chi connectivity index (χ1) is 7.08. The minimum atomic E-state index is -0.565. The molecule has 0 amide bonds. The molecule has 1 rings (SSSR count). The zero-order chi connectivity index (χ0) is 11.3. The normalized spacial score (nSPS) is 11.2. The highest BCUT2D eigenvalue weighted by atomic mass is 35.5. The molecule has 0 saturated heterocycles. The van der Waals surface area contributed by atoms with Crippen molar-refractivity contribution in [2.24, 2.45) is 0 Å². The van der Waals surface area contributed by atoms with Crippen LogP contribution in [0.5, 0.6) is 0 Å². The Morgan fingerprint density at radius 1 is 1.47 bits per heavy atom. The van der Waals surface area contributed by atoms with Crippen LogP contribution >= 0.6 is 11.6 Å². The molecule has 3 nitrogen and oxygen atoms in total. The average Bonchev–Trinajstić information content (AvgIpc) is 2.16. The van der Waals surface area contributed by atoms with Crippen molar-refractivity contribution in [2.45, 2.75) is 13.5 Å². The number of hydrogen-bond donors (Lipinski definition) is 1. The van der Waals surface area contributed by atoms with Crippen LogP contribution in [0, 0.1) is 0 Å². The van der Waals surface area contributed by atoms with Crippen molar-refractivity contribution in [3.63, 3.8) is 0 Å². The zero-order valence-corrected chi connectivity index (χ0v) is 8.99. The van der Waals surface area contributed by atoms with Crippen molar-refractivity contribution < 1.29 is 14.6 Å². The van der Waals surface area contributed by atoms with E-state index in [1.54, 1.807) is 24.3 Å². The van der Waals surface area contributed by atoms with Gasteiger partial charge in [0.2, 0.25) is 0 Å². The molecular formula is C11H11ClO3. The third-order valence-electron chi connectivity index (χ3n) is 1.62. The topological polar surface area (TPSA) is 46.5 Å². The molecule has 0 spiro atoms. The number of rotatable bonds is 3. The van der Waals surface area contributed by atoms with Gasteiger partial charge in [0, 0.05) is 5.02 Å². The van der Waals surface area contributed by atoms with Gasteiger partial charge in [-0.25, -0.2) is 4.79 Å². The maximum absolute atomic E-state index is 11.0. The van der Waals surface area contributed by atoms with Crippen LogP contribution in [0.25, 0.3) is 0 Å². The number of allylic oxidation sites excluding steroid dienone is 1. The van der Waals surface area contributed by atoms with Crippen LogP contribution in [0.4, 0.5) is 0 Å². The lowest BCUT2D eigenvalue weighted by atomic mass is 10.2. The minimum Gasteiger partial charge on any atom is -0.512 e. The van der Waals surface area contributed by atoms with E-state index in [0.717, 1.165) is 11.6 Å². The summed E-state index contributed by atoms with van der Waals surface area (Å²) in [5.41, 5.74) is 0.844. The first kappa shape index (κ1) is 11.6. The second-order valence-electron chi connectivity index (χ2n) is 3.02. The molecule has 0 fully saturated rings. The molecule has 15 heavy (non-hydrogen) atoms. The van der Waals surface area contributed by atoms with Gasteiger partial charge in [0.05, 0.1) is 11.8 Å².